The van der Waals surface area contributed by atoms with Gasteiger partial charge in [-0.1, -0.05) is 60.7 Å². The summed E-state index contributed by atoms with van der Waals surface area (Å²) in [6.07, 6.45) is 4.37. The first-order chi connectivity index (χ1) is 12.6. The highest BCUT2D eigenvalue weighted by molar-refractivity contribution is 5.91. The molecule has 0 saturated heterocycles. The summed E-state index contributed by atoms with van der Waals surface area (Å²) in [6, 6.07) is 19.6. The number of aromatic nitrogens is 2. The smallest absolute Gasteiger partial charge is 0.271 e. The average Bonchev–Trinajstić information content (AvgIpc) is 2.68. The second-order valence-electron chi connectivity index (χ2n) is 6.38. The number of carbonyl (C=O) groups excluding carboxylic acids is 1. The molecule has 0 aliphatic rings. The standard InChI is InChI=1S/C21H21N3O2/c1-21(26,15-24-20(25)18-14-22-12-13-23-18)19(16-8-4-2-5-9-16)17-10-6-3-7-11-17/h2-14,19,26H,15H2,1H3,(H,24,25). The van der Waals surface area contributed by atoms with Gasteiger partial charge in [-0.05, 0) is 18.1 Å². The minimum Gasteiger partial charge on any atom is -0.387 e. The Morgan fingerprint density at radius 1 is 1.04 bits per heavy atom. The summed E-state index contributed by atoms with van der Waals surface area (Å²) in [6.45, 7) is 1.81. The fourth-order valence-corrected chi connectivity index (χ4v) is 3.07. The van der Waals surface area contributed by atoms with Crippen LogP contribution in [0.3, 0.4) is 0 Å². The molecule has 5 nitrogen and oxygen atoms in total. The van der Waals surface area contributed by atoms with Gasteiger partial charge in [0.15, 0.2) is 0 Å². The van der Waals surface area contributed by atoms with Crippen LogP contribution in [0, 0.1) is 0 Å². The van der Waals surface area contributed by atoms with Crippen molar-refractivity contribution in [2.24, 2.45) is 0 Å². The summed E-state index contributed by atoms with van der Waals surface area (Å²) in [7, 11) is 0. The van der Waals surface area contributed by atoms with E-state index in [9.17, 15) is 9.90 Å². The van der Waals surface area contributed by atoms with Crippen LogP contribution in [0.5, 0.6) is 0 Å². The first kappa shape index (κ1) is 17.8. The van der Waals surface area contributed by atoms with Crippen molar-refractivity contribution in [3.63, 3.8) is 0 Å². The van der Waals surface area contributed by atoms with Crippen molar-refractivity contribution in [1.29, 1.82) is 0 Å². The fraction of sp³-hybridized carbons (Fsp3) is 0.190. The summed E-state index contributed by atoms with van der Waals surface area (Å²) in [5.74, 6) is -0.648. The van der Waals surface area contributed by atoms with E-state index < -0.39 is 5.60 Å². The van der Waals surface area contributed by atoms with Crippen molar-refractivity contribution in [3.05, 3.63) is 96.1 Å². The third-order valence-electron chi connectivity index (χ3n) is 4.29. The van der Waals surface area contributed by atoms with Crippen LogP contribution in [-0.4, -0.2) is 33.1 Å². The molecular weight excluding hydrogens is 326 g/mol. The number of nitrogens with zero attached hydrogens (tertiary/aromatic N) is 2. The van der Waals surface area contributed by atoms with E-state index in [4.69, 9.17) is 0 Å². The van der Waals surface area contributed by atoms with E-state index >= 15 is 0 Å². The van der Waals surface area contributed by atoms with Crippen molar-refractivity contribution >= 4 is 5.91 Å². The Hall–Kier alpha value is -3.05. The van der Waals surface area contributed by atoms with Crippen LogP contribution in [0.15, 0.2) is 79.3 Å². The van der Waals surface area contributed by atoms with Crippen LogP contribution in [0.1, 0.15) is 34.5 Å². The Balaban J connectivity index is 1.84. The molecule has 5 heteroatoms. The Bertz CT molecular complexity index is 797. The molecule has 0 spiro atoms. The van der Waals surface area contributed by atoms with Crippen LogP contribution in [0.2, 0.25) is 0 Å². The number of rotatable bonds is 6. The summed E-state index contributed by atoms with van der Waals surface area (Å²) < 4.78 is 0. The number of nitrogens with one attached hydrogen (secondary N) is 1. The summed E-state index contributed by atoms with van der Waals surface area (Å²) in [4.78, 5) is 20.1. The number of hydrogen-bond donors (Lipinski definition) is 2. The molecule has 1 atom stereocenters. The third kappa shape index (κ3) is 4.13. The van der Waals surface area contributed by atoms with Crippen LogP contribution in [0.4, 0.5) is 0 Å². The quantitative estimate of drug-likeness (QED) is 0.719. The molecule has 0 fully saturated rings. The van der Waals surface area contributed by atoms with Gasteiger partial charge in [0, 0.05) is 24.9 Å². The van der Waals surface area contributed by atoms with Gasteiger partial charge in [0.05, 0.1) is 11.8 Å². The molecule has 1 aromatic heterocycles. The number of carbonyl (C=O) groups is 1. The van der Waals surface area contributed by atoms with E-state index in [0.717, 1.165) is 11.1 Å². The fourth-order valence-electron chi connectivity index (χ4n) is 3.07. The molecule has 0 aliphatic carbocycles. The predicted molar refractivity (Wildman–Crippen MR) is 99.7 cm³/mol. The summed E-state index contributed by atoms with van der Waals surface area (Å²) in [5.41, 5.74) is 0.995. The second kappa shape index (κ2) is 7.89. The lowest BCUT2D eigenvalue weighted by Gasteiger charge is -2.34. The van der Waals surface area contributed by atoms with E-state index in [1.165, 1.54) is 18.6 Å². The largest absolute Gasteiger partial charge is 0.387 e. The topological polar surface area (TPSA) is 75.1 Å². The lowest BCUT2D eigenvalue weighted by Crippen LogP contribution is -2.45. The number of amides is 1. The maximum absolute atomic E-state index is 12.3. The van der Waals surface area contributed by atoms with Gasteiger partial charge in [-0.25, -0.2) is 4.98 Å². The Morgan fingerprint density at radius 2 is 1.62 bits per heavy atom. The monoisotopic (exact) mass is 347 g/mol. The van der Waals surface area contributed by atoms with Crippen molar-refractivity contribution in [2.45, 2.75) is 18.4 Å². The molecule has 1 amide bonds. The normalized spacial score (nSPS) is 13.2. The minimum atomic E-state index is -1.19. The molecule has 3 aromatic rings. The van der Waals surface area contributed by atoms with Crippen molar-refractivity contribution in [3.8, 4) is 0 Å². The molecule has 1 unspecified atom stereocenters. The number of aliphatic hydroxyl groups is 1. The maximum Gasteiger partial charge on any atom is 0.271 e. The van der Waals surface area contributed by atoms with Gasteiger partial charge < -0.3 is 10.4 Å². The lowest BCUT2D eigenvalue weighted by molar-refractivity contribution is 0.0405. The van der Waals surface area contributed by atoms with Crippen molar-refractivity contribution in [1.82, 2.24) is 15.3 Å². The highest BCUT2D eigenvalue weighted by Gasteiger charge is 2.34. The molecule has 2 N–H and O–H groups in total. The van der Waals surface area contributed by atoms with Crippen molar-refractivity contribution in [2.75, 3.05) is 6.54 Å². The molecule has 0 radical (unpaired) electrons. The average molecular weight is 347 g/mol. The predicted octanol–water partition coefficient (Wildman–Crippen LogP) is 2.79. The zero-order chi connectivity index (χ0) is 18.4. The molecule has 3 rings (SSSR count). The molecule has 26 heavy (non-hydrogen) atoms. The molecule has 0 saturated carbocycles. The molecule has 132 valence electrons. The summed E-state index contributed by atoms with van der Waals surface area (Å²) >= 11 is 0. The number of benzene rings is 2. The van der Waals surface area contributed by atoms with E-state index in [-0.39, 0.29) is 24.1 Å². The Morgan fingerprint density at radius 3 is 2.12 bits per heavy atom. The lowest BCUT2D eigenvalue weighted by atomic mass is 9.78. The van der Waals surface area contributed by atoms with E-state index in [1.54, 1.807) is 6.92 Å². The maximum atomic E-state index is 12.3. The van der Waals surface area contributed by atoms with Gasteiger partial charge in [-0.3, -0.25) is 9.78 Å². The van der Waals surface area contributed by atoms with Crippen LogP contribution in [0.25, 0.3) is 0 Å². The van der Waals surface area contributed by atoms with Gasteiger partial charge >= 0.3 is 0 Å². The SMILES string of the molecule is CC(O)(CNC(=O)c1cnccn1)C(c1ccccc1)c1ccccc1. The molecule has 1 heterocycles. The second-order valence-corrected chi connectivity index (χ2v) is 6.38. The zero-order valence-electron chi connectivity index (χ0n) is 14.5. The summed E-state index contributed by atoms with van der Waals surface area (Å²) in [5, 5.41) is 14.0. The first-order valence-electron chi connectivity index (χ1n) is 8.44. The third-order valence-corrected chi connectivity index (χ3v) is 4.29. The van der Waals surface area contributed by atoms with Gasteiger partial charge in [0.1, 0.15) is 5.69 Å². The van der Waals surface area contributed by atoms with E-state index in [1.807, 2.05) is 60.7 Å². The van der Waals surface area contributed by atoms with Gasteiger partial charge in [-0.15, -0.1) is 0 Å². The van der Waals surface area contributed by atoms with Gasteiger partial charge in [0.25, 0.3) is 5.91 Å². The van der Waals surface area contributed by atoms with Gasteiger partial charge in [-0.2, -0.15) is 0 Å². The first-order valence-corrected chi connectivity index (χ1v) is 8.44. The van der Waals surface area contributed by atoms with Crippen LogP contribution < -0.4 is 5.32 Å². The highest BCUT2D eigenvalue weighted by Crippen LogP contribution is 2.34. The molecule has 2 aromatic carbocycles. The molecular formula is C21H21N3O2. The Labute approximate surface area is 152 Å². The highest BCUT2D eigenvalue weighted by atomic mass is 16.3. The van der Waals surface area contributed by atoms with Gasteiger partial charge in [0.2, 0.25) is 0 Å². The Kier molecular flexibility index (Phi) is 5.39. The van der Waals surface area contributed by atoms with Crippen molar-refractivity contribution < 1.29 is 9.90 Å². The minimum absolute atomic E-state index is 0.0802. The van der Waals surface area contributed by atoms with Crippen LogP contribution >= 0.6 is 0 Å². The van der Waals surface area contributed by atoms with E-state index in [2.05, 4.69) is 15.3 Å². The van der Waals surface area contributed by atoms with E-state index in [0.29, 0.717) is 0 Å². The number of hydrogen-bond acceptors (Lipinski definition) is 4. The zero-order valence-corrected chi connectivity index (χ0v) is 14.5. The van der Waals surface area contributed by atoms with Crippen LogP contribution in [-0.2, 0) is 0 Å². The molecule has 0 aliphatic heterocycles. The molecule has 0 bridgehead atoms.